The van der Waals surface area contributed by atoms with Crippen LogP contribution in [0.15, 0.2) is 42.6 Å². The van der Waals surface area contributed by atoms with Crippen molar-refractivity contribution < 1.29 is 14.3 Å². The molecule has 2 saturated carbocycles. The molecule has 2 aromatic rings. The maximum Gasteiger partial charge on any atom is 0.321 e. The van der Waals surface area contributed by atoms with Gasteiger partial charge in [0, 0.05) is 30.9 Å². The summed E-state index contributed by atoms with van der Waals surface area (Å²) in [6.07, 6.45) is 8.89. The minimum Gasteiger partial charge on any atom is -0.481 e. The van der Waals surface area contributed by atoms with Crippen LogP contribution in [0.1, 0.15) is 50.5 Å². The lowest BCUT2D eigenvalue weighted by Crippen LogP contribution is -2.56. The highest BCUT2D eigenvalue weighted by Gasteiger charge is 2.55. The summed E-state index contributed by atoms with van der Waals surface area (Å²) in [4.78, 5) is 41.1. The Kier molecular flexibility index (Phi) is 7.07. The molecule has 5 rings (SSSR count). The van der Waals surface area contributed by atoms with Gasteiger partial charge in [-0.15, -0.1) is 0 Å². The molecule has 3 fully saturated rings. The predicted molar refractivity (Wildman–Crippen MR) is 141 cm³/mol. The van der Waals surface area contributed by atoms with Crippen LogP contribution in [0.4, 0.5) is 10.7 Å². The van der Waals surface area contributed by atoms with Crippen LogP contribution in [0.5, 0.6) is 5.88 Å². The van der Waals surface area contributed by atoms with Gasteiger partial charge in [-0.05, 0) is 64.1 Å². The van der Waals surface area contributed by atoms with Gasteiger partial charge in [-0.3, -0.25) is 15.0 Å². The Balaban J connectivity index is 1.33. The second-order valence-corrected chi connectivity index (χ2v) is 11.0. The molecular weight excluding hydrogens is 468 g/mol. The molecule has 1 N–H and O–H groups in total. The molecule has 37 heavy (non-hydrogen) atoms. The number of amides is 3. The third-order valence-electron chi connectivity index (χ3n) is 8.82. The number of nitrogens with zero attached hydrogens (tertiary/aromatic N) is 5. The highest BCUT2D eigenvalue weighted by Crippen LogP contribution is 2.49. The Morgan fingerprint density at radius 3 is 2.49 bits per heavy atom. The number of urea groups is 1. The minimum absolute atomic E-state index is 0.0141. The fraction of sp³-hybridized carbons (Fsp3) is 0.571. The highest BCUT2D eigenvalue weighted by molar-refractivity contribution is 5.93. The minimum atomic E-state index is -0.301. The summed E-state index contributed by atoms with van der Waals surface area (Å²) in [5.41, 5.74) is 1.04. The van der Waals surface area contributed by atoms with Crippen LogP contribution in [0, 0.1) is 5.92 Å². The van der Waals surface area contributed by atoms with E-state index >= 15 is 0 Å². The van der Waals surface area contributed by atoms with Crippen molar-refractivity contribution in [3.05, 3.63) is 48.2 Å². The van der Waals surface area contributed by atoms with Crippen molar-refractivity contribution in [3.8, 4) is 5.88 Å². The number of ether oxygens (including phenoxy) is 1. The normalized spacial score (nSPS) is 26.0. The molecular formula is C28H38N6O3. The molecule has 0 bridgehead atoms. The molecule has 2 aliphatic carbocycles. The molecule has 0 unspecified atom stereocenters. The second-order valence-electron chi connectivity index (χ2n) is 11.0. The van der Waals surface area contributed by atoms with E-state index in [2.05, 4.69) is 69.5 Å². The van der Waals surface area contributed by atoms with E-state index < -0.39 is 0 Å². The van der Waals surface area contributed by atoms with Gasteiger partial charge in [0.1, 0.15) is 6.54 Å². The first-order chi connectivity index (χ1) is 17.8. The van der Waals surface area contributed by atoms with Gasteiger partial charge in [-0.25, -0.2) is 9.78 Å². The topological polar surface area (TPSA) is 90.9 Å². The Hall–Kier alpha value is -3.20. The van der Waals surface area contributed by atoms with E-state index in [1.54, 1.807) is 11.0 Å². The average Bonchev–Trinajstić information content (AvgIpc) is 3.12. The summed E-state index contributed by atoms with van der Waals surface area (Å²) >= 11 is 0. The zero-order valence-electron chi connectivity index (χ0n) is 22.2. The van der Waals surface area contributed by atoms with Crippen molar-refractivity contribution in [3.63, 3.8) is 0 Å². The first-order valence-electron chi connectivity index (χ1n) is 13.3. The molecule has 0 radical (unpaired) electrons. The van der Waals surface area contributed by atoms with Gasteiger partial charge in [0.2, 0.25) is 17.7 Å². The van der Waals surface area contributed by atoms with E-state index in [1.807, 2.05) is 0 Å². The van der Waals surface area contributed by atoms with Crippen molar-refractivity contribution in [1.82, 2.24) is 24.7 Å². The molecule has 3 aliphatic rings. The molecule has 1 aliphatic heterocycles. The molecule has 1 aromatic carbocycles. The van der Waals surface area contributed by atoms with Crippen LogP contribution in [-0.4, -0.2) is 83.0 Å². The Labute approximate surface area is 219 Å². The predicted octanol–water partition coefficient (Wildman–Crippen LogP) is 3.73. The van der Waals surface area contributed by atoms with Crippen molar-refractivity contribution in [2.75, 3.05) is 46.2 Å². The lowest BCUT2D eigenvalue weighted by Gasteiger charge is -2.51. The van der Waals surface area contributed by atoms with E-state index in [0.717, 1.165) is 32.2 Å². The number of benzene rings is 1. The zero-order chi connectivity index (χ0) is 26.0. The molecule has 9 heteroatoms. The third-order valence-corrected chi connectivity index (χ3v) is 8.82. The van der Waals surface area contributed by atoms with Crippen LogP contribution in [0.3, 0.4) is 0 Å². The summed E-state index contributed by atoms with van der Waals surface area (Å²) < 4.78 is 5.12. The summed E-state index contributed by atoms with van der Waals surface area (Å²) in [6.45, 7) is 1.35. The van der Waals surface area contributed by atoms with Gasteiger partial charge in [-0.1, -0.05) is 36.8 Å². The monoisotopic (exact) mass is 506 g/mol. The molecule has 9 nitrogen and oxygen atoms in total. The molecule has 1 saturated heterocycles. The number of rotatable bonds is 8. The Morgan fingerprint density at radius 1 is 1.14 bits per heavy atom. The van der Waals surface area contributed by atoms with Crippen molar-refractivity contribution in [2.24, 2.45) is 5.92 Å². The molecule has 3 amide bonds. The quantitative estimate of drug-likeness (QED) is 0.587. The first-order valence-corrected chi connectivity index (χ1v) is 13.3. The van der Waals surface area contributed by atoms with Gasteiger partial charge in [0.05, 0.1) is 12.6 Å². The Morgan fingerprint density at radius 2 is 1.86 bits per heavy atom. The summed E-state index contributed by atoms with van der Waals surface area (Å²) in [5.74, 6) is 0.811. The zero-order valence-corrected chi connectivity index (χ0v) is 22.2. The van der Waals surface area contributed by atoms with E-state index in [1.165, 1.54) is 38.1 Å². The van der Waals surface area contributed by atoms with E-state index in [0.29, 0.717) is 18.3 Å². The van der Waals surface area contributed by atoms with E-state index in [4.69, 9.17) is 4.74 Å². The molecule has 2 heterocycles. The highest BCUT2D eigenvalue weighted by atomic mass is 16.5. The van der Waals surface area contributed by atoms with Crippen LogP contribution >= 0.6 is 0 Å². The number of aromatic nitrogens is 2. The average molecular weight is 507 g/mol. The lowest BCUT2D eigenvalue weighted by molar-refractivity contribution is -0.116. The third kappa shape index (κ3) is 4.89. The number of anilines is 1. The van der Waals surface area contributed by atoms with Gasteiger partial charge in [0.15, 0.2) is 0 Å². The van der Waals surface area contributed by atoms with Gasteiger partial charge >= 0.3 is 6.03 Å². The molecule has 1 aromatic heterocycles. The van der Waals surface area contributed by atoms with Crippen molar-refractivity contribution in [1.29, 1.82) is 0 Å². The van der Waals surface area contributed by atoms with Gasteiger partial charge in [0.25, 0.3) is 0 Å². The lowest BCUT2D eigenvalue weighted by atomic mass is 9.68. The van der Waals surface area contributed by atoms with Crippen molar-refractivity contribution in [2.45, 2.75) is 56.0 Å². The van der Waals surface area contributed by atoms with Crippen LogP contribution in [0.2, 0.25) is 0 Å². The van der Waals surface area contributed by atoms with E-state index in [-0.39, 0.29) is 35.5 Å². The molecule has 198 valence electrons. The van der Waals surface area contributed by atoms with Crippen LogP contribution in [0.25, 0.3) is 0 Å². The Bertz CT molecular complexity index is 1110. The number of hydrogen-bond acceptors (Lipinski definition) is 6. The number of carbonyl (C=O) groups is 2. The fourth-order valence-electron chi connectivity index (χ4n) is 6.36. The van der Waals surface area contributed by atoms with Gasteiger partial charge < -0.3 is 14.5 Å². The largest absolute Gasteiger partial charge is 0.481 e. The maximum absolute atomic E-state index is 13.7. The number of nitrogens with one attached hydrogen (secondary N) is 1. The fourth-order valence-corrected chi connectivity index (χ4v) is 6.36. The number of methoxy groups -OCH3 is 1. The smallest absolute Gasteiger partial charge is 0.321 e. The number of hydrogen-bond donors (Lipinski definition) is 1. The number of carbonyl (C=O) groups excluding carboxylic acids is 2. The first kappa shape index (κ1) is 25.4. The summed E-state index contributed by atoms with van der Waals surface area (Å²) in [5, 5.41) is 2.72. The summed E-state index contributed by atoms with van der Waals surface area (Å²) in [7, 11) is 5.84. The second kappa shape index (κ2) is 10.3. The summed E-state index contributed by atoms with van der Waals surface area (Å²) in [6, 6.07) is 12.3. The van der Waals surface area contributed by atoms with E-state index in [9.17, 15) is 9.59 Å². The van der Waals surface area contributed by atoms with Crippen LogP contribution in [-0.2, 0) is 10.3 Å². The maximum atomic E-state index is 13.7. The molecule has 0 atom stereocenters. The van der Waals surface area contributed by atoms with Crippen molar-refractivity contribution >= 4 is 17.9 Å². The molecule has 1 spiro atoms. The van der Waals surface area contributed by atoms with Crippen LogP contribution < -0.4 is 10.1 Å². The standard InChI is InChI=1S/C28H38N6O3/c1-32(2)28(22-10-5-4-6-11-22)15-13-27(14-16-28)20-33(26(36)34(27)18-21-8-7-9-21)19-23(35)30-25-29-17-12-24(31-25)37-3/h4-6,10-12,17,21H,7-9,13-16,18-20H2,1-3H3,(H,29,30,31,35)/t27-,28+. The SMILES string of the molecule is COc1ccnc(NC(=O)CN2C[C@]3(CC[C@](c4ccccc4)(N(C)C)CC3)N(CC3CCC3)C2=O)n1. The van der Waals surface area contributed by atoms with Gasteiger partial charge in [-0.2, -0.15) is 4.98 Å².